The summed E-state index contributed by atoms with van der Waals surface area (Å²) < 4.78 is 0. The van der Waals surface area contributed by atoms with Crippen LogP contribution in [-0.2, 0) is 0 Å². The highest BCUT2D eigenvalue weighted by molar-refractivity contribution is 5.38. The van der Waals surface area contributed by atoms with Gasteiger partial charge in [-0.05, 0) is 75.3 Å². The van der Waals surface area contributed by atoms with Crippen LogP contribution in [0.1, 0.15) is 84.5 Å². The Balaban J connectivity index is 1.53. The first-order chi connectivity index (χ1) is 13.2. The highest BCUT2D eigenvalue weighted by Crippen LogP contribution is 2.46. The summed E-state index contributed by atoms with van der Waals surface area (Å²) in [5, 5.41) is 3.87. The predicted molar refractivity (Wildman–Crippen MR) is 117 cm³/mol. The third-order valence-electron chi connectivity index (χ3n) is 7.92. The first kappa shape index (κ1) is 19.2. The number of hydrogen-bond acceptors (Lipinski definition) is 1. The Labute approximate surface area is 167 Å². The molecule has 148 valence electrons. The van der Waals surface area contributed by atoms with Crippen LogP contribution < -0.4 is 5.32 Å². The van der Waals surface area contributed by atoms with Gasteiger partial charge in [0.25, 0.3) is 0 Å². The molecule has 1 saturated heterocycles. The maximum absolute atomic E-state index is 3.87. The van der Waals surface area contributed by atoms with Gasteiger partial charge < -0.3 is 5.32 Å². The van der Waals surface area contributed by atoms with Crippen LogP contribution in [0, 0.1) is 17.3 Å². The summed E-state index contributed by atoms with van der Waals surface area (Å²) in [4.78, 5) is 0. The number of rotatable bonds is 4. The summed E-state index contributed by atoms with van der Waals surface area (Å²) in [7, 11) is 0. The van der Waals surface area contributed by atoms with Crippen molar-refractivity contribution in [2.75, 3.05) is 6.54 Å². The number of nitrogens with one attached hydrogen (secondary N) is 1. The second kappa shape index (κ2) is 8.52. The highest BCUT2D eigenvalue weighted by atomic mass is 14.9. The molecule has 1 nitrogen and oxygen atoms in total. The first-order valence-electron chi connectivity index (χ1n) is 11.6. The van der Waals surface area contributed by atoms with E-state index in [1.54, 1.807) is 11.1 Å². The van der Waals surface area contributed by atoms with Crippen LogP contribution in [0.3, 0.4) is 0 Å². The lowest BCUT2D eigenvalue weighted by Crippen LogP contribution is -2.42. The molecule has 1 heterocycles. The standard InChI is InChI=1S/C26H39N/c1-20-9-11-21(12-10-20)25(24-8-4-7-19-27-24)22-13-15-23(16-14-22)26(2)17-5-3-6-18-26/h9,11,13-15,23-25,27H,3-8,10,12,16-19H2,1-2H3/t23?,24?,25-/m1/s1. The van der Waals surface area contributed by atoms with Crippen molar-refractivity contribution >= 4 is 0 Å². The van der Waals surface area contributed by atoms with Gasteiger partial charge >= 0.3 is 0 Å². The molecule has 0 aromatic rings. The fourth-order valence-electron chi connectivity index (χ4n) is 6.00. The smallest absolute Gasteiger partial charge is 0.0202 e. The second-order valence-corrected chi connectivity index (χ2v) is 9.91. The van der Waals surface area contributed by atoms with Crippen molar-refractivity contribution in [1.29, 1.82) is 0 Å². The molecule has 27 heavy (non-hydrogen) atoms. The van der Waals surface area contributed by atoms with Crippen LogP contribution >= 0.6 is 0 Å². The van der Waals surface area contributed by atoms with Crippen molar-refractivity contribution < 1.29 is 0 Å². The van der Waals surface area contributed by atoms with Gasteiger partial charge in [-0.25, -0.2) is 0 Å². The third-order valence-corrected chi connectivity index (χ3v) is 7.92. The van der Waals surface area contributed by atoms with Crippen LogP contribution in [0.2, 0.25) is 0 Å². The molecule has 0 bridgehead atoms. The molecule has 0 aromatic heterocycles. The SMILES string of the molecule is CC1=CC=C([C@H](C2=CCC(C3(C)CCCCC3)C=C2)C2CCCCN2)CC1. The predicted octanol–water partition coefficient (Wildman–Crippen LogP) is 6.88. The lowest BCUT2D eigenvalue weighted by atomic mass is 9.64. The van der Waals surface area contributed by atoms with Crippen LogP contribution in [0.15, 0.2) is 47.1 Å². The van der Waals surface area contributed by atoms with E-state index in [-0.39, 0.29) is 0 Å². The number of piperidine rings is 1. The van der Waals surface area contributed by atoms with Crippen LogP contribution in [0.5, 0.6) is 0 Å². The van der Waals surface area contributed by atoms with E-state index in [0.29, 0.717) is 17.4 Å². The fourth-order valence-corrected chi connectivity index (χ4v) is 6.00. The van der Waals surface area contributed by atoms with Gasteiger partial charge in [-0.15, -0.1) is 0 Å². The Morgan fingerprint density at radius 2 is 1.89 bits per heavy atom. The molecule has 2 fully saturated rings. The zero-order valence-corrected chi connectivity index (χ0v) is 17.6. The second-order valence-electron chi connectivity index (χ2n) is 9.91. The van der Waals surface area contributed by atoms with Gasteiger partial charge in [0, 0.05) is 12.0 Å². The van der Waals surface area contributed by atoms with Gasteiger partial charge in [-0.2, -0.15) is 0 Å². The van der Waals surface area contributed by atoms with Crippen molar-refractivity contribution in [3.8, 4) is 0 Å². The minimum absolute atomic E-state index is 0.541. The number of hydrogen-bond donors (Lipinski definition) is 1. The summed E-state index contributed by atoms with van der Waals surface area (Å²) in [5.41, 5.74) is 5.34. The van der Waals surface area contributed by atoms with Gasteiger partial charge in [0.05, 0.1) is 0 Å². The molecule has 3 atom stereocenters. The molecule has 3 aliphatic carbocycles. The van der Waals surface area contributed by atoms with E-state index in [1.165, 1.54) is 82.7 Å². The van der Waals surface area contributed by atoms with E-state index in [1.807, 2.05) is 0 Å². The highest BCUT2D eigenvalue weighted by Gasteiger charge is 2.36. The Kier molecular flexibility index (Phi) is 6.07. The van der Waals surface area contributed by atoms with Gasteiger partial charge in [0.15, 0.2) is 0 Å². The van der Waals surface area contributed by atoms with Crippen molar-refractivity contribution in [2.45, 2.75) is 90.5 Å². The van der Waals surface area contributed by atoms with Gasteiger partial charge in [-0.1, -0.05) is 74.1 Å². The molecule has 0 aromatic carbocycles. The first-order valence-corrected chi connectivity index (χ1v) is 11.6. The largest absolute Gasteiger partial charge is 0.313 e. The molecule has 1 aliphatic heterocycles. The summed E-state index contributed by atoms with van der Waals surface area (Å²) in [6, 6.07) is 0.634. The maximum atomic E-state index is 3.87. The van der Waals surface area contributed by atoms with E-state index >= 15 is 0 Å². The molecule has 1 N–H and O–H groups in total. The van der Waals surface area contributed by atoms with Crippen LogP contribution in [0.4, 0.5) is 0 Å². The molecule has 0 radical (unpaired) electrons. The van der Waals surface area contributed by atoms with Gasteiger partial charge in [0.2, 0.25) is 0 Å². The normalized spacial score (nSPS) is 32.3. The molecule has 4 rings (SSSR count). The Morgan fingerprint density at radius 1 is 1.04 bits per heavy atom. The summed E-state index contributed by atoms with van der Waals surface area (Å²) in [6.45, 7) is 6.02. The average Bonchev–Trinajstić information content (AvgIpc) is 2.72. The molecular formula is C26H39N. The van der Waals surface area contributed by atoms with Crippen molar-refractivity contribution in [2.24, 2.45) is 17.3 Å². The molecule has 1 saturated carbocycles. The van der Waals surface area contributed by atoms with E-state index in [9.17, 15) is 0 Å². The average molecular weight is 366 g/mol. The Morgan fingerprint density at radius 3 is 2.52 bits per heavy atom. The van der Waals surface area contributed by atoms with Crippen LogP contribution in [-0.4, -0.2) is 12.6 Å². The molecule has 1 heteroatoms. The van der Waals surface area contributed by atoms with Gasteiger partial charge in [-0.3, -0.25) is 0 Å². The zero-order chi connectivity index (χ0) is 18.7. The molecule has 0 spiro atoms. The molecule has 4 aliphatic rings. The van der Waals surface area contributed by atoms with Crippen molar-refractivity contribution in [1.82, 2.24) is 5.32 Å². The van der Waals surface area contributed by atoms with Gasteiger partial charge in [0.1, 0.15) is 0 Å². The minimum Gasteiger partial charge on any atom is -0.313 e. The lowest BCUT2D eigenvalue weighted by Gasteiger charge is -2.41. The monoisotopic (exact) mass is 365 g/mol. The van der Waals surface area contributed by atoms with Crippen molar-refractivity contribution in [3.63, 3.8) is 0 Å². The van der Waals surface area contributed by atoms with E-state index in [0.717, 1.165) is 5.92 Å². The quantitative estimate of drug-likeness (QED) is 0.572. The van der Waals surface area contributed by atoms with Crippen molar-refractivity contribution in [3.05, 3.63) is 47.1 Å². The Bertz CT molecular complexity index is 635. The zero-order valence-electron chi connectivity index (χ0n) is 17.6. The summed E-state index contributed by atoms with van der Waals surface area (Å²) in [5.74, 6) is 1.34. The maximum Gasteiger partial charge on any atom is 0.0202 e. The third kappa shape index (κ3) is 4.34. The molecule has 2 unspecified atom stereocenters. The topological polar surface area (TPSA) is 12.0 Å². The number of allylic oxidation sites excluding steroid dienone is 6. The molecule has 0 amide bonds. The lowest BCUT2D eigenvalue weighted by molar-refractivity contribution is 0.149. The van der Waals surface area contributed by atoms with E-state index in [4.69, 9.17) is 0 Å². The Hall–Kier alpha value is -1.08. The van der Waals surface area contributed by atoms with E-state index < -0.39 is 0 Å². The summed E-state index contributed by atoms with van der Waals surface area (Å²) in [6.07, 6.45) is 27.5. The fraction of sp³-hybridized carbons (Fsp3) is 0.692. The summed E-state index contributed by atoms with van der Waals surface area (Å²) >= 11 is 0. The van der Waals surface area contributed by atoms with E-state index in [2.05, 4.69) is 49.5 Å². The van der Waals surface area contributed by atoms with Crippen LogP contribution in [0.25, 0.3) is 0 Å². The molecular weight excluding hydrogens is 326 g/mol. The minimum atomic E-state index is 0.541.